The number of imidazole rings is 1. The van der Waals surface area contributed by atoms with Crippen molar-refractivity contribution < 1.29 is 0 Å². The van der Waals surface area contributed by atoms with Crippen molar-refractivity contribution in [3.63, 3.8) is 0 Å². The van der Waals surface area contributed by atoms with Crippen LogP contribution in [0, 0.1) is 0 Å². The maximum absolute atomic E-state index is 4.23. The quantitative estimate of drug-likeness (QED) is 0.730. The van der Waals surface area contributed by atoms with Crippen LogP contribution in [0.2, 0.25) is 0 Å². The minimum absolute atomic E-state index is 1.04. The lowest BCUT2D eigenvalue weighted by Gasteiger charge is -2.16. The van der Waals surface area contributed by atoms with Crippen molar-refractivity contribution in [3.05, 3.63) is 30.1 Å². The van der Waals surface area contributed by atoms with Gasteiger partial charge in [-0.1, -0.05) is 6.07 Å². The van der Waals surface area contributed by atoms with E-state index in [4.69, 9.17) is 0 Å². The van der Waals surface area contributed by atoms with Crippen LogP contribution >= 0.6 is 0 Å². The Kier molecular flexibility index (Phi) is 4.73. The third kappa shape index (κ3) is 3.55. The SMILES string of the molecule is CNCCCN(C)CCc1ccc2nc[nH]c2c1. The number of aromatic nitrogens is 2. The van der Waals surface area contributed by atoms with Crippen LogP contribution in [0.5, 0.6) is 0 Å². The fourth-order valence-corrected chi connectivity index (χ4v) is 2.10. The summed E-state index contributed by atoms with van der Waals surface area (Å²) in [6.07, 6.45) is 4.04. The summed E-state index contributed by atoms with van der Waals surface area (Å²) in [5.74, 6) is 0. The molecule has 2 N–H and O–H groups in total. The smallest absolute Gasteiger partial charge is 0.0931 e. The van der Waals surface area contributed by atoms with E-state index < -0.39 is 0 Å². The van der Waals surface area contributed by atoms with E-state index in [1.165, 1.54) is 12.0 Å². The van der Waals surface area contributed by atoms with Gasteiger partial charge in [-0.3, -0.25) is 0 Å². The van der Waals surface area contributed by atoms with E-state index >= 15 is 0 Å². The van der Waals surface area contributed by atoms with Crippen LogP contribution in [-0.2, 0) is 6.42 Å². The second-order valence-corrected chi connectivity index (χ2v) is 4.76. The number of rotatable bonds is 7. The third-order valence-corrected chi connectivity index (χ3v) is 3.23. The summed E-state index contributed by atoms with van der Waals surface area (Å²) in [6.45, 7) is 3.33. The number of nitrogens with zero attached hydrogens (tertiary/aromatic N) is 2. The molecule has 0 amide bonds. The molecule has 4 heteroatoms. The maximum Gasteiger partial charge on any atom is 0.0931 e. The molecule has 0 aliphatic carbocycles. The van der Waals surface area contributed by atoms with Crippen molar-refractivity contribution in [2.24, 2.45) is 0 Å². The summed E-state index contributed by atoms with van der Waals surface area (Å²) in [5, 5.41) is 3.18. The lowest BCUT2D eigenvalue weighted by Crippen LogP contribution is -2.24. The Labute approximate surface area is 108 Å². The van der Waals surface area contributed by atoms with Crippen LogP contribution in [0.4, 0.5) is 0 Å². The number of likely N-dealkylation sites (N-methyl/N-ethyl adjacent to an activating group) is 1. The first-order valence-corrected chi connectivity index (χ1v) is 6.55. The summed E-state index contributed by atoms with van der Waals surface area (Å²) < 4.78 is 0. The largest absolute Gasteiger partial charge is 0.345 e. The zero-order valence-corrected chi connectivity index (χ0v) is 11.2. The molecule has 18 heavy (non-hydrogen) atoms. The average Bonchev–Trinajstić information content (AvgIpc) is 2.84. The molecular formula is C14H22N4. The Hall–Kier alpha value is -1.39. The van der Waals surface area contributed by atoms with Gasteiger partial charge in [0.2, 0.25) is 0 Å². The summed E-state index contributed by atoms with van der Waals surface area (Å²) in [7, 11) is 4.18. The van der Waals surface area contributed by atoms with Crippen molar-refractivity contribution in [2.75, 3.05) is 33.7 Å². The van der Waals surface area contributed by atoms with E-state index in [9.17, 15) is 0 Å². The molecule has 0 fully saturated rings. The average molecular weight is 246 g/mol. The third-order valence-electron chi connectivity index (χ3n) is 3.23. The number of benzene rings is 1. The van der Waals surface area contributed by atoms with E-state index in [1.54, 1.807) is 6.33 Å². The van der Waals surface area contributed by atoms with Crippen molar-refractivity contribution in [2.45, 2.75) is 12.8 Å². The van der Waals surface area contributed by atoms with E-state index in [-0.39, 0.29) is 0 Å². The first-order valence-electron chi connectivity index (χ1n) is 6.55. The Morgan fingerprint density at radius 1 is 1.33 bits per heavy atom. The zero-order valence-electron chi connectivity index (χ0n) is 11.2. The van der Waals surface area contributed by atoms with Crippen molar-refractivity contribution in [3.8, 4) is 0 Å². The first-order chi connectivity index (χ1) is 8.79. The topological polar surface area (TPSA) is 44.0 Å². The summed E-state index contributed by atoms with van der Waals surface area (Å²) in [4.78, 5) is 9.77. The van der Waals surface area contributed by atoms with Crippen LogP contribution in [0.25, 0.3) is 11.0 Å². The lowest BCUT2D eigenvalue weighted by atomic mass is 10.1. The van der Waals surface area contributed by atoms with Crippen LogP contribution in [0.15, 0.2) is 24.5 Å². The maximum atomic E-state index is 4.23. The molecule has 0 bridgehead atoms. The molecule has 4 nitrogen and oxygen atoms in total. The second-order valence-electron chi connectivity index (χ2n) is 4.76. The van der Waals surface area contributed by atoms with Crippen LogP contribution < -0.4 is 5.32 Å². The highest BCUT2D eigenvalue weighted by Crippen LogP contribution is 2.12. The van der Waals surface area contributed by atoms with E-state index in [1.807, 2.05) is 7.05 Å². The normalized spacial score (nSPS) is 11.5. The summed E-state index contributed by atoms with van der Waals surface area (Å²) >= 11 is 0. The van der Waals surface area contributed by atoms with Gasteiger partial charge in [-0.05, 0) is 57.7 Å². The molecule has 0 radical (unpaired) electrons. The van der Waals surface area contributed by atoms with Crippen molar-refractivity contribution in [1.82, 2.24) is 20.2 Å². The molecule has 2 aromatic rings. The zero-order chi connectivity index (χ0) is 12.8. The first kappa shape index (κ1) is 13.1. The minimum atomic E-state index is 1.04. The van der Waals surface area contributed by atoms with Crippen LogP contribution in [-0.4, -0.2) is 48.6 Å². The number of nitrogens with one attached hydrogen (secondary N) is 2. The predicted molar refractivity (Wildman–Crippen MR) is 75.8 cm³/mol. The monoisotopic (exact) mass is 246 g/mol. The molecule has 0 aliphatic heterocycles. The molecular weight excluding hydrogens is 224 g/mol. The minimum Gasteiger partial charge on any atom is -0.345 e. The van der Waals surface area contributed by atoms with Crippen molar-refractivity contribution >= 4 is 11.0 Å². The van der Waals surface area contributed by atoms with Gasteiger partial charge in [0.05, 0.1) is 17.4 Å². The number of H-pyrrole nitrogens is 1. The highest BCUT2D eigenvalue weighted by Gasteiger charge is 2.01. The number of fused-ring (bicyclic) bond motifs is 1. The van der Waals surface area contributed by atoms with Crippen LogP contribution in [0.1, 0.15) is 12.0 Å². The fourth-order valence-electron chi connectivity index (χ4n) is 2.10. The van der Waals surface area contributed by atoms with E-state index in [0.717, 1.165) is 37.1 Å². The molecule has 98 valence electrons. The van der Waals surface area contributed by atoms with Gasteiger partial charge in [0.1, 0.15) is 0 Å². The Balaban J connectivity index is 1.81. The number of hydrogen-bond donors (Lipinski definition) is 2. The molecule has 0 atom stereocenters. The van der Waals surface area contributed by atoms with Crippen molar-refractivity contribution in [1.29, 1.82) is 0 Å². The van der Waals surface area contributed by atoms with Gasteiger partial charge in [0, 0.05) is 6.54 Å². The molecule has 0 saturated carbocycles. The highest BCUT2D eigenvalue weighted by atomic mass is 15.1. The number of aromatic amines is 1. The standard InChI is InChI=1S/C14H22N4/c1-15-7-3-8-18(2)9-6-12-4-5-13-14(10-12)17-11-16-13/h4-5,10-11,15H,3,6-9H2,1-2H3,(H,16,17). The number of hydrogen-bond acceptors (Lipinski definition) is 3. The highest BCUT2D eigenvalue weighted by molar-refractivity contribution is 5.75. The van der Waals surface area contributed by atoms with Crippen LogP contribution in [0.3, 0.4) is 0 Å². The molecule has 0 saturated heterocycles. The predicted octanol–water partition coefficient (Wildman–Crippen LogP) is 1.65. The molecule has 0 unspecified atom stereocenters. The molecule has 0 aliphatic rings. The Morgan fingerprint density at radius 3 is 3.06 bits per heavy atom. The van der Waals surface area contributed by atoms with Gasteiger partial charge >= 0.3 is 0 Å². The van der Waals surface area contributed by atoms with Gasteiger partial charge in [0.15, 0.2) is 0 Å². The summed E-state index contributed by atoms with van der Waals surface area (Å²) in [6, 6.07) is 6.45. The summed E-state index contributed by atoms with van der Waals surface area (Å²) in [5.41, 5.74) is 3.54. The molecule has 2 rings (SSSR count). The Morgan fingerprint density at radius 2 is 2.22 bits per heavy atom. The molecule has 0 spiro atoms. The molecule has 1 heterocycles. The van der Waals surface area contributed by atoms with Gasteiger partial charge in [-0.15, -0.1) is 0 Å². The fraction of sp³-hybridized carbons (Fsp3) is 0.500. The van der Waals surface area contributed by atoms with Gasteiger partial charge < -0.3 is 15.2 Å². The molecule has 1 aromatic carbocycles. The van der Waals surface area contributed by atoms with E-state index in [0.29, 0.717) is 0 Å². The second kappa shape index (κ2) is 6.52. The molecule has 1 aromatic heterocycles. The van der Waals surface area contributed by atoms with Gasteiger partial charge in [-0.25, -0.2) is 4.98 Å². The van der Waals surface area contributed by atoms with Gasteiger partial charge in [0.25, 0.3) is 0 Å². The van der Waals surface area contributed by atoms with E-state index in [2.05, 4.69) is 45.4 Å². The van der Waals surface area contributed by atoms with Gasteiger partial charge in [-0.2, -0.15) is 0 Å². The Bertz CT molecular complexity index is 477. The lowest BCUT2D eigenvalue weighted by molar-refractivity contribution is 0.332.